The first-order chi connectivity index (χ1) is 11.5. The van der Waals surface area contributed by atoms with Crippen LogP contribution in [-0.4, -0.2) is 9.97 Å². The smallest absolute Gasteiger partial charge is 0.229 e. The summed E-state index contributed by atoms with van der Waals surface area (Å²) in [6.07, 6.45) is 0. The van der Waals surface area contributed by atoms with Crippen molar-refractivity contribution in [1.29, 1.82) is 0 Å². The molecule has 0 atom stereocenters. The Morgan fingerprint density at radius 1 is 0.917 bits per heavy atom. The highest BCUT2D eigenvalue weighted by molar-refractivity contribution is 9.10. The molecule has 1 heterocycles. The largest absolute Gasteiger partial charge is 0.339 e. The van der Waals surface area contributed by atoms with Crippen molar-refractivity contribution >= 4 is 39.1 Å². The normalized spacial score (nSPS) is 10.5. The summed E-state index contributed by atoms with van der Waals surface area (Å²) in [7, 11) is 0. The molecule has 1 aromatic heterocycles. The molecule has 2 N–H and O–H groups in total. The van der Waals surface area contributed by atoms with E-state index < -0.39 is 11.6 Å². The van der Waals surface area contributed by atoms with Gasteiger partial charge < -0.3 is 10.6 Å². The van der Waals surface area contributed by atoms with Crippen LogP contribution < -0.4 is 10.6 Å². The van der Waals surface area contributed by atoms with Crippen molar-refractivity contribution in [2.45, 2.75) is 6.92 Å². The summed E-state index contributed by atoms with van der Waals surface area (Å²) >= 11 is 3.46. The Labute approximate surface area is 146 Å². The minimum Gasteiger partial charge on any atom is -0.339 e. The van der Waals surface area contributed by atoms with Crippen molar-refractivity contribution in [3.05, 3.63) is 70.3 Å². The second-order valence-electron chi connectivity index (χ2n) is 5.08. The van der Waals surface area contributed by atoms with Crippen LogP contribution in [0.3, 0.4) is 0 Å². The van der Waals surface area contributed by atoms with E-state index in [2.05, 4.69) is 36.5 Å². The number of halogens is 3. The molecule has 0 spiro atoms. The minimum absolute atomic E-state index is 0.288. The predicted octanol–water partition coefficient (Wildman–Crippen LogP) is 5.31. The summed E-state index contributed by atoms with van der Waals surface area (Å²) in [6, 6.07) is 13.0. The zero-order valence-corrected chi connectivity index (χ0v) is 14.2. The van der Waals surface area contributed by atoms with E-state index in [1.165, 1.54) is 6.07 Å². The van der Waals surface area contributed by atoms with Gasteiger partial charge in [0.1, 0.15) is 5.82 Å². The first-order valence-electron chi connectivity index (χ1n) is 7.10. The van der Waals surface area contributed by atoms with Gasteiger partial charge in [0.25, 0.3) is 0 Å². The van der Waals surface area contributed by atoms with Crippen LogP contribution in [0.4, 0.5) is 31.9 Å². The van der Waals surface area contributed by atoms with Crippen LogP contribution in [0, 0.1) is 18.6 Å². The molecule has 122 valence electrons. The molecule has 0 aliphatic heterocycles. The molecule has 4 nitrogen and oxygen atoms in total. The second-order valence-corrected chi connectivity index (χ2v) is 5.93. The van der Waals surface area contributed by atoms with Gasteiger partial charge in [-0.1, -0.05) is 12.1 Å². The Morgan fingerprint density at radius 2 is 1.71 bits per heavy atom. The highest BCUT2D eigenvalue weighted by Crippen LogP contribution is 2.25. The standard InChI is InChI=1S/C17H13BrF2N4/c1-10-8-16(23-15-5-3-2-4-12(15)18)24-17(21-10)22-11-6-7-13(19)14(20)9-11/h2-9H,1H3,(H2,21,22,23,24). The third kappa shape index (κ3) is 3.86. The van der Waals surface area contributed by atoms with E-state index >= 15 is 0 Å². The highest BCUT2D eigenvalue weighted by atomic mass is 79.9. The van der Waals surface area contributed by atoms with Crippen LogP contribution in [0.25, 0.3) is 0 Å². The molecule has 0 bridgehead atoms. The number of anilines is 4. The minimum atomic E-state index is -0.931. The lowest BCUT2D eigenvalue weighted by molar-refractivity contribution is 0.509. The van der Waals surface area contributed by atoms with E-state index in [-0.39, 0.29) is 5.95 Å². The summed E-state index contributed by atoms with van der Waals surface area (Å²) in [5.41, 5.74) is 1.95. The average molecular weight is 391 g/mol. The maximum atomic E-state index is 13.3. The summed E-state index contributed by atoms with van der Waals surface area (Å²) in [6.45, 7) is 1.82. The number of para-hydroxylation sites is 1. The van der Waals surface area contributed by atoms with E-state index in [0.717, 1.165) is 28.0 Å². The zero-order chi connectivity index (χ0) is 17.1. The molecule has 0 aliphatic carbocycles. The molecule has 7 heteroatoms. The Morgan fingerprint density at radius 3 is 2.46 bits per heavy atom. The topological polar surface area (TPSA) is 49.8 Å². The Kier molecular flexibility index (Phi) is 4.71. The maximum absolute atomic E-state index is 13.3. The van der Waals surface area contributed by atoms with Crippen molar-refractivity contribution < 1.29 is 8.78 Å². The van der Waals surface area contributed by atoms with Gasteiger partial charge in [-0.05, 0) is 47.1 Å². The lowest BCUT2D eigenvalue weighted by Crippen LogP contribution is -2.03. The first-order valence-corrected chi connectivity index (χ1v) is 7.90. The van der Waals surface area contributed by atoms with Gasteiger partial charge in [0.15, 0.2) is 11.6 Å². The number of nitrogens with zero attached hydrogens (tertiary/aromatic N) is 2. The number of rotatable bonds is 4. The summed E-state index contributed by atoms with van der Waals surface area (Å²) in [5.74, 6) is -0.962. The van der Waals surface area contributed by atoms with Crippen molar-refractivity contribution in [1.82, 2.24) is 9.97 Å². The number of hydrogen-bond donors (Lipinski definition) is 2. The number of benzene rings is 2. The fraction of sp³-hybridized carbons (Fsp3) is 0.0588. The SMILES string of the molecule is Cc1cc(Nc2ccccc2Br)nc(Nc2ccc(F)c(F)c2)n1. The lowest BCUT2D eigenvalue weighted by atomic mass is 10.3. The van der Waals surface area contributed by atoms with Crippen LogP contribution >= 0.6 is 15.9 Å². The van der Waals surface area contributed by atoms with Gasteiger partial charge in [0.05, 0.1) is 5.69 Å². The van der Waals surface area contributed by atoms with Crippen LogP contribution in [-0.2, 0) is 0 Å². The summed E-state index contributed by atoms with van der Waals surface area (Å²) in [5, 5.41) is 6.06. The molecule has 0 unspecified atom stereocenters. The number of hydrogen-bond acceptors (Lipinski definition) is 4. The average Bonchev–Trinajstić information content (AvgIpc) is 2.53. The van der Waals surface area contributed by atoms with Crippen LogP contribution in [0.2, 0.25) is 0 Å². The van der Waals surface area contributed by atoms with Crippen molar-refractivity contribution in [2.24, 2.45) is 0 Å². The number of aryl methyl sites for hydroxylation is 1. The van der Waals surface area contributed by atoms with E-state index in [0.29, 0.717) is 11.5 Å². The quantitative estimate of drug-likeness (QED) is 0.633. The molecule has 3 aromatic rings. The first kappa shape index (κ1) is 16.3. The van der Waals surface area contributed by atoms with E-state index in [9.17, 15) is 8.78 Å². The number of aromatic nitrogens is 2. The predicted molar refractivity (Wildman–Crippen MR) is 93.8 cm³/mol. The molecule has 2 aromatic carbocycles. The lowest BCUT2D eigenvalue weighted by Gasteiger charge is -2.11. The summed E-state index contributed by atoms with van der Waals surface area (Å²) in [4.78, 5) is 8.60. The maximum Gasteiger partial charge on any atom is 0.229 e. The van der Waals surface area contributed by atoms with Gasteiger partial charge in [-0.3, -0.25) is 0 Å². The Bertz CT molecular complexity index is 886. The summed E-state index contributed by atoms with van der Waals surface area (Å²) < 4.78 is 27.2. The molecule has 0 aliphatic rings. The molecule has 0 saturated carbocycles. The van der Waals surface area contributed by atoms with E-state index in [4.69, 9.17) is 0 Å². The van der Waals surface area contributed by atoms with Crippen molar-refractivity contribution in [3.63, 3.8) is 0 Å². The monoisotopic (exact) mass is 390 g/mol. The molecule has 0 radical (unpaired) electrons. The van der Waals surface area contributed by atoms with Gasteiger partial charge in [0.2, 0.25) is 5.95 Å². The second kappa shape index (κ2) is 6.92. The Balaban J connectivity index is 1.86. The fourth-order valence-corrected chi connectivity index (χ4v) is 2.48. The van der Waals surface area contributed by atoms with E-state index in [1.54, 1.807) is 6.07 Å². The molecular formula is C17H13BrF2N4. The molecule has 0 fully saturated rings. The van der Waals surface area contributed by atoms with Gasteiger partial charge in [-0.15, -0.1) is 0 Å². The fourth-order valence-electron chi connectivity index (χ4n) is 2.09. The number of nitrogens with one attached hydrogen (secondary N) is 2. The van der Waals surface area contributed by atoms with Gasteiger partial charge in [0, 0.05) is 28.0 Å². The van der Waals surface area contributed by atoms with Crippen LogP contribution in [0.5, 0.6) is 0 Å². The van der Waals surface area contributed by atoms with E-state index in [1.807, 2.05) is 31.2 Å². The molecular weight excluding hydrogens is 378 g/mol. The van der Waals surface area contributed by atoms with Gasteiger partial charge in [-0.2, -0.15) is 4.98 Å². The van der Waals surface area contributed by atoms with Gasteiger partial charge >= 0.3 is 0 Å². The highest BCUT2D eigenvalue weighted by Gasteiger charge is 2.07. The van der Waals surface area contributed by atoms with Gasteiger partial charge in [-0.25, -0.2) is 13.8 Å². The molecule has 0 saturated heterocycles. The van der Waals surface area contributed by atoms with Crippen molar-refractivity contribution in [3.8, 4) is 0 Å². The Hall–Kier alpha value is -2.54. The third-order valence-electron chi connectivity index (χ3n) is 3.17. The third-order valence-corrected chi connectivity index (χ3v) is 3.86. The molecule has 0 amide bonds. The van der Waals surface area contributed by atoms with Crippen LogP contribution in [0.1, 0.15) is 5.69 Å². The van der Waals surface area contributed by atoms with Crippen LogP contribution in [0.15, 0.2) is 53.0 Å². The molecule has 3 rings (SSSR count). The molecule has 24 heavy (non-hydrogen) atoms. The zero-order valence-electron chi connectivity index (χ0n) is 12.6. The van der Waals surface area contributed by atoms with Crippen molar-refractivity contribution in [2.75, 3.05) is 10.6 Å².